The Morgan fingerprint density at radius 3 is 2.25 bits per heavy atom. The summed E-state index contributed by atoms with van der Waals surface area (Å²) >= 11 is 2.20. The van der Waals surface area contributed by atoms with Crippen LogP contribution in [0.5, 0.6) is 17.2 Å². The van der Waals surface area contributed by atoms with Crippen LogP contribution in [0.3, 0.4) is 0 Å². The molecule has 0 aliphatic heterocycles. The molecule has 0 fully saturated rings. The summed E-state index contributed by atoms with van der Waals surface area (Å²) in [5, 5.41) is 3.99. The van der Waals surface area contributed by atoms with Gasteiger partial charge in [0, 0.05) is 14.7 Å². The van der Waals surface area contributed by atoms with E-state index in [0.717, 1.165) is 9.13 Å². The number of halogens is 1. The first-order chi connectivity index (χ1) is 11.6. The number of ether oxygens (including phenoxy) is 3. The molecule has 1 amide bonds. The highest BCUT2D eigenvalue weighted by atomic mass is 127. The molecule has 0 atom stereocenters. The van der Waals surface area contributed by atoms with Gasteiger partial charge in [-0.15, -0.1) is 0 Å². The number of amides is 1. The topological polar surface area (TPSA) is 69.2 Å². The minimum Gasteiger partial charge on any atom is -0.493 e. The van der Waals surface area contributed by atoms with Crippen LogP contribution >= 0.6 is 22.6 Å². The Morgan fingerprint density at radius 1 is 1.08 bits per heavy atom. The van der Waals surface area contributed by atoms with Gasteiger partial charge in [-0.1, -0.05) is 18.2 Å². The zero-order chi connectivity index (χ0) is 17.5. The molecule has 126 valence electrons. The molecule has 24 heavy (non-hydrogen) atoms. The largest absolute Gasteiger partial charge is 0.493 e. The van der Waals surface area contributed by atoms with Crippen molar-refractivity contribution in [1.29, 1.82) is 0 Å². The van der Waals surface area contributed by atoms with Crippen LogP contribution < -0.4 is 19.6 Å². The van der Waals surface area contributed by atoms with E-state index in [4.69, 9.17) is 14.2 Å². The Kier molecular flexibility index (Phi) is 6.42. The van der Waals surface area contributed by atoms with Gasteiger partial charge in [0.1, 0.15) is 0 Å². The number of carbonyl (C=O) groups excluding carboxylic acids is 1. The lowest BCUT2D eigenvalue weighted by atomic mass is 10.1. The van der Waals surface area contributed by atoms with E-state index < -0.39 is 0 Å². The van der Waals surface area contributed by atoms with Gasteiger partial charge in [-0.2, -0.15) is 5.10 Å². The first kappa shape index (κ1) is 18.1. The normalized spacial score (nSPS) is 10.5. The summed E-state index contributed by atoms with van der Waals surface area (Å²) in [5.41, 5.74) is 3.76. The van der Waals surface area contributed by atoms with Crippen molar-refractivity contribution in [2.45, 2.75) is 0 Å². The van der Waals surface area contributed by atoms with Crippen LogP contribution in [0.25, 0.3) is 0 Å². The van der Waals surface area contributed by atoms with Gasteiger partial charge in [-0.05, 0) is 40.8 Å². The monoisotopic (exact) mass is 440 g/mol. The summed E-state index contributed by atoms with van der Waals surface area (Å²) in [5.74, 6) is 0.863. The molecule has 0 saturated heterocycles. The Bertz CT molecular complexity index is 737. The molecule has 0 heterocycles. The number of rotatable bonds is 6. The molecule has 6 nitrogen and oxygen atoms in total. The minimum atomic E-state index is -0.378. The number of nitrogens with one attached hydrogen (secondary N) is 1. The predicted molar refractivity (Wildman–Crippen MR) is 100 cm³/mol. The average molecular weight is 440 g/mol. The van der Waals surface area contributed by atoms with Gasteiger partial charge < -0.3 is 14.2 Å². The zero-order valence-corrected chi connectivity index (χ0v) is 15.7. The second-order valence-corrected chi connectivity index (χ2v) is 5.80. The number of benzene rings is 2. The first-order valence-electron chi connectivity index (χ1n) is 6.98. The zero-order valence-electron chi connectivity index (χ0n) is 13.5. The molecule has 0 aromatic heterocycles. The highest BCUT2D eigenvalue weighted by Crippen LogP contribution is 2.38. The summed E-state index contributed by atoms with van der Waals surface area (Å²) in [6.45, 7) is 0. The third-order valence-corrected chi connectivity index (χ3v) is 4.18. The molecular weight excluding hydrogens is 423 g/mol. The summed E-state index contributed by atoms with van der Waals surface area (Å²) in [6, 6.07) is 10.9. The van der Waals surface area contributed by atoms with Gasteiger partial charge in [0.05, 0.1) is 27.5 Å². The molecule has 0 saturated carbocycles. The Hall–Kier alpha value is -2.29. The molecule has 7 heteroatoms. The molecule has 2 aromatic rings. The van der Waals surface area contributed by atoms with Crippen LogP contribution in [0.2, 0.25) is 0 Å². The van der Waals surface area contributed by atoms with Gasteiger partial charge >= 0.3 is 0 Å². The van der Waals surface area contributed by atoms with Crippen molar-refractivity contribution < 1.29 is 19.0 Å². The van der Waals surface area contributed by atoms with Crippen molar-refractivity contribution in [3.05, 3.63) is 51.1 Å². The number of hydrogen-bond acceptors (Lipinski definition) is 5. The van der Waals surface area contributed by atoms with Crippen LogP contribution in [-0.2, 0) is 0 Å². The molecule has 0 bridgehead atoms. The highest BCUT2D eigenvalue weighted by Gasteiger charge is 2.16. The van der Waals surface area contributed by atoms with Crippen molar-refractivity contribution in [2.24, 2.45) is 5.10 Å². The van der Waals surface area contributed by atoms with E-state index in [2.05, 4.69) is 33.1 Å². The number of nitrogens with zero attached hydrogens (tertiary/aromatic N) is 1. The standard InChI is InChI=1S/C17H17IN2O4/c1-22-14-8-12(9-15(23-2)16(14)24-3)17(21)20-19-10-11-6-4-5-7-13(11)18/h4-10H,1-3H3,(H,20,21)/b19-10+. The lowest BCUT2D eigenvalue weighted by Gasteiger charge is -2.13. The third kappa shape index (κ3) is 4.16. The SMILES string of the molecule is COc1cc(C(=O)N/N=C/c2ccccc2I)cc(OC)c1OC. The molecule has 0 aliphatic carbocycles. The van der Waals surface area contributed by atoms with Crippen molar-refractivity contribution in [3.8, 4) is 17.2 Å². The van der Waals surface area contributed by atoms with Crippen LogP contribution in [-0.4, -0.2) is 33.5 Å². The Morgan fingerprint density at radius 2 is 1.71 bits per heavy atom. The summed E-state index contributed by atoms with van der Waals surface area (Å²) < 4.78 is 16.7. The lowest BCUT2D eigenvalue weighted by Crippen LogP contribution is -2.18. The average Bonchev–Trinajstić information content (AvgIpc) is 2.61. The van der Waals surface area contributed by atoms with Crippen molar-refractivity contribution in [2.75, 3.05) is 21.3 Å². The molecule has 0 unspecified atom stereocenters. The van der Waals surface area contributed by atoms with E-state index in [-0.39, 0.29) is 5.91 Å². The quantitative estimate of drug-likeness (QED) is 0.426. The van der Waals surface area contributed by atoms with E-state index in [1.54, 1.807) is 18.3 Å². The molecular formula is C17H17IN2O4. The maximum Gasteiger partial charge on any atom is 0.271 e. The summed E-state index contributed by atoms with van der Waals surface area (Å²) in [6.07, 6.45) is 1.59. The smallest absolute Gasteiger partial charge is 0.271 e. The fourth-order valence-electron chi connectivity index (χ4n) is 2.02. The number of carbonyl (C=O) groups is 1. The fraction of sp³-hybridized carbons (Fsp3) is 0.176. The van der Waals surface area contributed by atoms with Crippen LogP contribution in [0.15, 0.2) is 41.5 Å². The van der Waals surface area contributed by atoms with Crippen molar-refractivity contribution >= 4 is 34.7 Å². The number of hydrazone groups is 1. The van der Waals surface area contributed by atoms with Crippen LogP contribution in [0, 0.1) is 3.57 Å². The Balaban J connectivity index is 2.19. The molecule has 0 aliphatic rings. The predicted octanol–water partition coefficient (Wildman–Crippen LogP) is 3.08. The molecule has 2 aromatic carbocycles. The van der Waals surface area contributed by atoms with Crippen molar-refractivity contribution in [1.82, 2.24) is 5.43 Å². The fourth-order valence-corrected chi connectivity index (χ4v) is 2.54. The maximum absolute atomic E-state index is 12.3. The van der Waals surface area contributed by atoms with Crippen LogP contribution in [0.4, 0.5) is 0 Å². The Labute approximate surface area is 153 Å². The van der Waals surface area contributed by atoms with Gasteiger partial charge in [-0.3, -0.25) is 4.79 Å². The number of methoxy groups -OCH3 is 3. The van der Waals surface area contributed by atoms with E-state index in [0.29, 0.717) is 22.8 Å². The van der Waals surface area contributed by atoms with Gasteiger partial charge in [0.25, 0.3) is 5.91 Å². The molecule has 0 radical (unpaired) electrons. The van der Waals surface area contributed by atoms with E-state index in [9.17, 15) is 4.79 Å². The van der Waals surface area contributed by atoms with E-state index in [1.165, 1.54) is 21.3 Å². The third-order valence-electron chi connectivity index (χ3n) is 3.20. The minimum absolute atomic E-state index is 0.351. The number of hydrogen-bond donors (Lipinski definition) is 1. The van der Waals surface area contributed by atoms with E-state index in [1.807, 2.05) is 24.3 Å². The lowest BCUT2D eigenvalue weighted by molar-refractivity contribution is 0.0954. The van der Waals surface area contributed by atoms with Gasteiger partial charge in [-0.25, -0.2) is 5.43 Å². The van der Waals surface area contributed by atoms with Gasteiger partial charge in [0.2, 0.25) is 5.75 Å². The van der Waals surface area contributed by atoms with Gasteiger partial charge in [0.15, 0.2) is 11.5 Å². The first-order valence-corrected chi connectivity index (χ1v) is 8.06. The van der Waals surface area contributed by atoms with E-state index >= 15 is 0 Å². The molecule has 0 spiro atoms. The second kappa shape index (κ2) is 8.53. The molecule has 1 N–H and O–H groups in total. The molecule has 2 rings (SSSR count). The highest BCUT2D eigenvalue weighted by molar-refractivity contribution is 14.1. The summed E-state index contributed by atoms with van der Waals surface area (Å²) in [4.78, 5) is 12.3. The maximum atomic E-state index is 12.3. The summed E-state index contributed by atoms with van der Waals surface area (Å²) in [7, 11) is 4.49. The van der Waals surface area contributed by atoms with Crippen molar-refractivity contribution in [3.63, 3.8) is 0 Å². The second-order valence-electron chi connectivity index (χ2n) is 4.63. The van der Waals surface area contributed by atoms with Crippen LogP contribution in [0.1, 0.15) is 15.9 Å².